The molecule has 17 nitrogen and oxygen atoms in total. The van der Waals surface area contributed by atoms with E-state index in [1.165, 1.54) is 11.8 Å². The average molecular weight is 1010 g/mol. The number of nitrogens with one attached hydrogen (secondary N) is 2. The topological polar surface area (TPSA) is 213 Å². The summed E-state index contributed by atoms with van der Waals surface area (Å²) in [4.78, 5) is 105. The van der Waals surface area contributed by atoms with Gasteiger partial charge in [-0.1, -0.05) is 70.0 Å². The number of Topliss-reactive ketones (excluding diaryl/α,β-unsaturated/α-hetero) is 1. The van der Waals surface area contributed by atoms with E-state index >= 15 is 0 Å². The number of aryl methyl sites for hydroxylation is 2. The maximum Gasteiger partial charge on any atom is 0.263 e. The van der Waals surface area contributed by atoms with E-state index < -0.39 is 29.5 Å². The van der Waals surface area contributed by atoms with Crippen molar-refractivity contribution in [3.63, 3.8) is 0 Å². The maximum absolute atomic E-state index is 14.1. The molecule has 0 unspecified atom stereocenters. The Balaban J connectivity index is 0.760. The van der Waals surface area contributed by atoms with Crippen LogP contribution in [-0.4, -0.2) is 120 Å². The minimum Gasteiger partial charge on any atom is -0.391 e. The average Bonchev–Trinajstić information content (AvgIpc) is 4.15. The quantitative estimate of drug-likeness (QED) is 0.0682. The summed E-state index contributed by atoms with van der Waals surface area (Å²) in [6.45, 7) is 13.5. The van der Waals surface area contributed by atoms with E-state index in [0.717, 1.165) is 64.1 Å². The van der Waals surface area contributed by atoms with Crippen LogP contribution < -0.4 is 21.1 Å². The third-order valence-electron chi connectivity index (χ3n) is 14.4. The molecule has 18 heteroatoms. The predicted molar refractivity (Wildman–Crippen MR) is 281 cm³/mol. The normalized spacial score (nSPS) is 17.9. The van der Waals surface area contributed by atoms with Crippen LogP contribution in [-0.2, 0) is 32.1 Å². The molecule has 386 valence electrons. The molecule has 4 amide bonds. The van der Waals surface area contributed by atoms with Crippen LogP contribution in [0, 0.1) is 19.3 Å². The second kappa shape index (κ2) is 23.0. The Kier molecular flexibility index (Phi) is 16.6. The molecule has 8 rings (SSSR count). The van der Waals surface area contributed by atoms with E-state index in [0.29, 0.717) is 68.9 Å². The fraction of sp³-hybridized carbons (Fsp3) is 0.491. The number of aliphatic hydroxyl groups excluding tert-OH is 1. The van der Waals surface area contributed by atoms with Crippen molar-refractivity contribution in [2.75, 3.05) is 37.6 Å². The van der Waals surface area contributed by atoms with Crippen LogP contribution in [0.2, 0.25) is 0 Å². The van der Waals surface area contributed by atoms with Gasteiger partial charge in [0.25, 0.3) is 5.56 Å². The number of aromatic nitrogens is 5. The van der Waals surface area contributed by atoms with Crippen LogP contribution in [0.5, 0.6) is 0 Å². The number of allylic oxidation sites excluding steroid dienone is 2. The highest BCUT2D eigenvalue weighted by molar-refractivity contribution is 7.13. The summed E-state index contributed by atoms with van der Waals surface area (Å²) in [5.74, 6) is -0.705. The van der Waals surface area contributed by atoms with Gasteiger partial charge in [-0.2, -0.15) is 0 Å². The van der Waals surface area contributed by atoms with Crippen LogP contribution in [0.25, 0.3) is 21.5 Å². The molecule has 3 fully saturated rings. The minimum atomic E-state index is -0.919. The molecular weight excluding hydrogens is 945 g/mol. The summed E-state index contributed by atoms with van der Waals surface area (Å²) >= 11 is 1.57. The fourth-order valence-electron chi connectivity index (χ4n) is 10.3. The Morgan fingerprint density at radius 2 is 1.62 bits per heavy atom. The zero-order valence-corrected chi connectivity index (χ0v) is 43.7. The monoisotopic (exact) mass is 1010 g/mol. The van der Waals surface area contributed by atoms with E-state index in [1.54, 1.807) is 29.0 Å². The Labute approximate surface area is 430 Å². The number of aliphatic hydroxyl groups is 1. The van der Waals surface area contributed by atoms with E-state index in [1.807, 2.05) is 92.9 Å². The molecule has 0 radical (unpaired) electrons. The van der Waals surface area contributed by atoms with E-state index in [4.69, 9.17) is 9.97 Å². The first-order valence-corrected chi connectivity index (χ1v) is 26.4. The summed E-state index contributed by atoms with van der Waals surface area (Å²) in [5, 5.41) is 17.2. The minimum absolute atomic E-state index is 0.00400. The molecule has 2 saturated heterocycles. The largest absolute Gasteiger partial charge is 0.391 e. The van der Waals surface area contributed by atoms with Gasteiger partial charge in [-0.05, 0) is 80.7 Å². The molecule has 73 heavy (non-hydrogen) atoms. The first kappa shape index (κ1) is 52.7. The van der Waals surface area contributed by atoms with Crippen LogP contribution >= 0.6 is 11.3 Å². The number of β-amino-alcohol motifs (C(OH)–C–C–N with tert-alkyl or cyclic N) is 1. The van der Waals surface area contributed by atoms with Gasteiger partial charge >= 0.3 is 0 Å². The molecule has 1 aromatic carbocycles. The van der Waals surface area contributed by atoms with Crippen molar-refractivity contribution in [3.8, 4) is 10.4 Å². The fourth-order valence-corrected chi connectivity index (χ4v) is 11.1. The smallest absolute Gasteiger partial charge is 0.263 e. The third-order valence-corrected chi connectivity index (χ3v) is 15.4. The Bertz CT molecular complexity index is 2910. The third kappa shape index (κ3) is 12.4. The molecule has 1 saturated carbocycles. The second-order valence-corrected chi connectivity index (χ2v) is 21.6. The molecule has 4 aromatic heterocycles. The second-order valence-electron chi connectivity index (χ2n) is 20.7. The number of pyridine rings is 2. The zero-order chi connectivity index (χ0) is 52.0. The molecule has 3 aliphatic rings. The number of rotatable bonds is 17. The lowest BCUT2D eigenvalue weighted by molar-refractivity contribution is -0.144. The summed E-state index contributed by atoms with van der Waals surface area (Å²) in [7, 11) is 0. The number of carbonyl (C=O) groups is 5. The number of carbonyl (C=O) groups excluding carboxylic acids is 5. The van der Waals surface area contributed by atoms with Gasteiger partial charge in [-0.15, -0.1) is 11.3 Å². The van der Waals surface area contributed by atoms with Crippen molar-refractivity contribution in [1.29, 1.82) is 0 Å². The van der Waals surface area contributed by atoms with Gasteiger partial charge in [-0.25, -0.2) is 15.0 Å². The van der Waals surface area contributed by atoms with Gasteiger partial charge in [0.1, 0.15) is 23.6 Å². The SMILES string of the molecule is CC(=O)c1c(C)c2cnc(Cc3ccc(N4CCN(C(=O)CC/C=C/CCC(=O)N[C@H](C(=O)N5C[C@H](O)C[C@H]5C(=O)NCc5ccc(-c6scnc6C)cc5)C(C)(C)C)CC4)cn3)nc2n(C2CCCC2)c1=O. The first-order valence-electron chi connectivity index (χ1n) is 25.6. The van der Waals surface area contributed by atoms with Crippen LogP contribution in [0.1, 0.15) is 130 Å². The van der Waals surface area contributed by atoms with Gasteiger partial charge in [0.2, 0.25) is 23.6 Å². The van der Waals surface area contributed by atoms with E-state index in [-0.39, 0.29) is 66.6 Å². The number of ketones is 1. The molecule has 5 aromatic rings. The summed E-state index contributed by atoms with van der Waals surface area (Å²) < 4.78 is 1.73. The van der Waals surface area contributed by atoms with Crippen LogP contribution in [0.4, 0.5) is 5.69 Å². The zero-order valence-electron chi connectivity index (χ0n) is 42.9. The molecule has 3 atom stereocenters. The van der Waals surface area contributed by atoms with Crippen molar-refractivity contribution < 1.29 is 29.1 Å². The predicted octanol–water partition coefficient (Wildman–Crippen LogP) is 6.41. The molecule has 2 aliphatic heterocycles. The van der Waals surface area contributed by atoms with Crippen molar-refractivity contribution in [2.45, 2.75) is 137 Å². The lowest BCUT2D eigenvalue weighted by Gasteiger charge is -2.36. The van der Waals surface area contributed by atoms with Gasteiger partial charge in [0.15, 0.2) is 5.78 Å². The molecule has 6 heterocycles. The molecule has 0 spiro atoms. The first-order chi connectivity index (χ1) is 35.0. The number of anilines is 1. The molecule has 0 bridgehead atoms. The lowest BCUT2D eigenvalue weighted by atomic mass is 9.85. The number of amides is 4. The lowest BCUT2D eigenvalue weighted by Crippen LogP contribution is -2.57. The summed E-state index contributed by atoms with van der Waals surface area (Å²) in [6, 6.07) is 10.1. The summed E-state index contributed by atoms with van der Waals surface area (Å²) in [6.07, 6.45) is 12.2. The number of piperazine rings is 1. The highest BCUT2D eigenvalue weighted by Crippen LogP contribution is 2.33. The standard InChI is InChI=1S/C55H68N10O7S/c1-34-43-31-57-45(60-51(43)65(40-13-11-12-14-40)53(71)48(34)36(3)66)27-39-21-22-41(30-56-39)62-23-25-63(26-24-62)47(69)16-10-8-7-9-15-46(68)61-50(55(4,5)6)54(72)64-32-42(67)28-44(64)52(70)58-29-37-17-19-38(20-18-37)49-35(2)59-33-73-49/h7-8,17-22,30-31,33,40,42,44,50,67H,9-16,23-29,32H2,1-6H3,(H,58,70)(H,61,68)/b8-7+/t42-,44+,50-/m1/s1. The number of thiazole rings is 1. The van der Waals surface area contributed by atoms with Gasteiger partial charge in [-0.3, -0.25) is 38.3 Å². The summed E-state index contributed by atoms with van der Waals surface area (Å²) in [5.41, 5.74) is 6.92. The van der Waals surface area contributed by atoms with Crippen LogP contribution in [0.15, 0.2) is 71.2 Å². The number of hydrogen-bond acceptors (Lipinski definition) is 13. The van der Waals surface area contributed by atoms with Crippen molar-refractivity contribution >= 4 is 57.5 Å². The van der Waals surface area contributed by atoms with Crippen molar-refractivity contribution in [1.82, 2.24) is 44.9 Å². The Morgan fingerprint density at radius 1 is 0.904 bits per heavy atom. The van der Waals surface area contributed by atoms with Gasteiger partial charge in [0, 0.05) is 81.8 Å². The highest BCUT2D eigenvalue weighted by atomic mass is 32.1. The highest BCUT2D eigenvalue weighted by Gasteiger charge is 2.44. The number of nitrogens with zero attached hydrogens (tertiary/aromatic N) is 8. The number of likely N-dealkylation sites (tertiary alicyclic amines) is 1. The van der Waals surface area contributed by atoms with Gasteiger partial charge < -0.3 is 30.4 Å². The van der Waals surface area contributed by atoms with E-state index in [9.17, 15) is 33.9 Å². The maximum atomic E-state index is 14.1. The van der Waals surface area contributed by atoms with Crippen molar-refractivity contribution in [3.05, 3.63) is 111 Å². The van der Waals surface area contributed by atoms with Gasteiger partial charge in [0.05, 0.1) is 46.1 Å². The number of fused-ring (bicyclic) bond motifs is 1. The van der Waals surface area contributed by atoms with E-state index in [2.05, 4.69) is 25.5 Å². The molecule has 1 aliphatic carbocycles. The Hall–Kier alpha value is -6.66. The van der Waals surface area contributed by atoms with Crippen molar-refractivity contribution in [2.24, 2.45) is 5.41 Å². The Morgan fingerprint density at radius 3 is 2.26 bits per heavy atom. The number of benzene rings is 1. The van der Waals surface area contributed by atoms with Crippen LogP contribution in [0.3, 0.4) is 0 Å². The number of hydrogen-bond donors (Lipinski definition) is 3. The molecule has 3 N–H and O–H groups in total. The molecular formula is C55H68N10O7S.